The third kappa shape index (κ3) is 4.17. The van der Waals surface area contributed by atoms with Crippen LogP contribution in [0.15, 0.2) is 28.4 Å². The van der Waals surface area contributed by atoms with E-state index in [4.69, 9.17) is 16.3 Å². The molecule has 1 aromatic carbocycles. The molecule has 0 aliphatic carbocycles. The molecule has 4 rings (SSSR count). The molecule has 0 saturated heterocycles. The molecular formula is C21H20ClF2N3O3S. The van der Waals surface area contributed by atoms with Crippen LogP contribution in [0.3, 0.4) is 0 Å². The number of thiophene rings is 1. The molecule has 0 saturated carbocycles. The number of aromatic nitrogens is 1. The van der Waals surface area contributed by atoms with Crippen LogP contribution in [-0.2, 0) is 16.1 Å². The summed E-state index contributed by atoms with van der Waals surface area (Å²) in [7, 11) is 1.64. The fraction of sp³-hybridized carbons (Fsp3) is 0.333. The number of fused-ring (bicyclic) bond motifs is 3. The predicted molar refractivity (Wildman–Crippen MR) is 117 cm³/mol. The zero-order chi connectivity index (χ0) is 22.3. The van der Waals surface area contributed by atoms with Crippen LogP contribution in [0.1, 0.15) is 24.2 Å². The van der Waals surface area contributed by atoms with Gasteiger partial charge >= 0.3 is 0 Å². The van der Waals surface area contributed by atoms with Crippen LogP contribution in [0.4, 0.5) is 14.5 Å². The first-order chi connectivity index (χ1) is 14.8. The lowest BCUT2D eigenvalue weighted by Crippen LogP contribution is -2.41. The number of H-pyrrole nitrogens is 1. The zero-order valence-corrected chi connectivity index (χ0v) is 18.4. The van der Waals surface area contributed by atoms with Crippen LogP contribution in [0, 0.1) is 17.6 Å². The van der Waals surface area contributed by atoms with Gasteiger partial charge in [-0.05, 0) is 23.6 Å². The minimum atomic E-state index is -1.10. The highest BCUT2D eigenvalue weighted by Gasteiger charge is 2.32. The molecule has 6 nitrogen and oxygen atoms in total. The average molecular weight is 468 g/mol. The molecule has 1 amide bonds. The van der Waals surface area contributed by atoms with E-state index >= 15 is 0 Å². The number of hydrogen-bond acceptors (Lipinski definition) is 5. The lowest BCUT2D eigenvalue weighted by molar-refractivity contribution is -0.137. The molecule has 0 spiro atoms. The second-order valence-electron chi connectivity index (χ2n) is 7.56. The van der Waals surface area contributed by atoms with E-state index in [0.717, 1.165) is 17.8 Å². The van der Waals surface area contributed by atoms with Gasteiger partial charge in [0.15, 0.2) is 11.6 Å². The normalized spacial score (nSPS) is 16.7. The molecule has 2 atom stereocenters. The molecule has 0 radical (unpaired) electrons. The Balaban J connectivity index is 1.63. The standard InChI is InChI=1S/C21H20ClF2N3O3S/c1-10(6-25-11-3-18(22)31-9-11)21(29)27(2)17-8-30-7-16-19(17)12-4-14(23)15(24)5-13(12)20(28)26-16/h3-5,9-10,17,25H,6-8H2,1-2H3,(H,26,28)/t10-,17?/m1/s1. The van der Waals surface area contributed by atoms with Crippen molar-refractivity contribution in [1.82, 2.24) is 9.88 Å². The van der Waals surface area contributed by atoms with Crippen molar-refractivity contribution in [3.8, 4) is 0 Å². The van der Waals surface area contributed by atoms with Crippen LogP contribution in [0.25, 0.3) is 10.8 Å². The average Bonchev–Trinajstić information content (AvgIpc) is 3.17. The lowest BCUT2D eigenvalue weighted by atomic mass is 9.94. The molecule has 0 bridgehead atoms. The van der Waals surface area contributed by atoms with E-state index < -0.39 is 23.2 Å². The molecule has 3 heterocycles. The van der Waals surface area contributed by atoms with Gasteiger partial charge in [-0.25, -0.2) is 8.78 Å². The van der Waals surface area contributed by atoms with Gasteiger partial charge in [-0.2, -0.15) is 0 Å². The number of aromatic amines is 1. The highest BCUT2D eigenvalue weighted by Crippen LogP contribution is 2.34. The van der Waals surface area contributed by atoms with Crippen molar-refractivity contribution in [3.05, 3.63) is 61.2 Å². The number of nitrogens with zero attached hydrogens (tertiary/aromatic N) is 1. The molecule has 0 fully saturated rings. The summed E-state index contributed by atoms with van der Waals surface area (Å²) in [4.78, 5) is 29.7. The molecule has 3 aromatic rings. The van der Waals surface area contributed by atoms with Crippen molar-refractivity contribution < 1.29 is 18.3 Å². The number of hydrogen-bond donors (Lipinski definition) is 2. The van der Waals surface area contributed by atoms with E-state index in [1.165, 1.54) is 16.2 Å². The number of amides is 1. The fourth-order valence-corrected chi connectivity index (χ4v) is 4.65. The SMILES string of the molecule is C[C@H](CNc1csc(Cl)c1)C(=O)N(C)C1COCc2[nH]c(=O)c3cc(F)c(F)cc3c21. The molecule has 2 aromatic heterocycles. The number of benzene rings is 1. The number of halogens is 3. The highest BCUT2D eigenvalue weighted by atomic mass is 35.5. The lowest BCUT2D eigenvalue weighted by Gasteiger charge is -2.35. The Bertz CT molecular complexity index is 1210. The number of pyridine rings is 1. The van der Waals surface area contributed by atoms with Crippen LogP contribution in [0.5, 0.6) is 0 Å². The minimum absolute atomic E-state index is 0.0365. The molecule has 164 valence electrons. The predicted octanol–water partition coefficient (Wildman–Crippen LogP) is 4.30. The molecule has 1 aliphatic heterocycles. The monoisotopic (exact) mass is 467 g/mol. The second kappa shape index (κ2) is 8.57. The van der Waals surface area contributed by atoms with Crippen molar-refractivity contribution in [1.29, 1.82) is 0 Å². The van der Waals surface area contributed by atoms with Gasteiger partial charge in [-0.3, -0.25) is 9.59 Å². The van der Waals surface area contributed by atoms with Crippen LogP contribution >= 0.6 is 22.9 Å². The Morgan fingerprint density at radius 3 is 2.74 bits per heavy atom. The van der Waals surface area contributed by atoms with Gasteiger partial charge < -0.3 is 19.9 Å². The molecule has 31 heavy (non-hydrogen) atoms. The topological polar surface area (TPSA) is 74.4 Å². The Kier molecular flexibility index (Phi) is 6.00. The summed E-state index contributed by atoms with van der Waals surface area (Å²) >= 11 is 7.33. The molecule has 1 unspecified atom stereocenters. The second-order valence-corrected chi connectivity index (χ2v) is 9.10. The maximum Gasteiger partial charge on any atom is 0.256 e. The first-order valence-electron chi connectivity index (χ1n) is 9.62. The Morgan fingerprint density at radius 2 is 2.06 bits per heavy atom. The first-order valence-corrected chi connectivity index (χ1v) is 10.9. The number of rotatable bonds is 5. The van der Waals surface area contributed by atoms with Gasteiger partial charge in [-0.1, -0.05) is 18.5 Å². The third-order valence-corrected chi connectivity index (χ3v) is 6.55. The quantitative estimate of drug-likeness (QED) is 0.586. The Labute approximate surface area is 185 Å². The van der Waals surface area contributed by atoms with Crippen LogP contribution in [-0.4, -0.2) is 36.0 Å². The van der Waals surface area contributed by atoms with Crippen LogP contribution < -0.4 is 10.9 Å². The van der Waals surface area contributed by atoms with Crippen molar-refractivity contribution in [3.63, 3.8) is 0 Å². The molecule has 1 aliphatic rings. The number of likely N-dealkylation sites (N-methyl/N-ethyl adjacent to an activating group) is 1. The number of carbonyl (C=O) groups is 1. The summed E-state index contributed by atoms with van der Waals surface area (Å²) in [6.07, 6.45) is 0. The van der Waals surface area contributed by atoms with Gasteiger partial charge in [0.05, 0.1) is 34.9 Å². The van der Waals surface area contributed by atoms with Crippen molar-refractivity contribution in [2.24, 2.45) is 5.92 Å². The van der Waals surface area contributed by atoms with Gasteiger partial charge in [0.2, 0.25) is 5.91 Å². The van der Waals surface area contributed by atoms with Crippen molar-refractivity contribution in [2.45, 2.75) is 19.6 Å². The summed E-state index contributed by atoms with van der Waals surface area (Å²) in [5, 5.41) is 5.37. The maximum atomic E-state index is 14.0. The van der Waals surface area contributed by atoms with E-state index in [1.54, 1.807) is 20.0 Å². The van der Waals surface area contributed by atoms with E-state index in [9.17, 15) is 18.4 Å². The zero-order valence-electron chi connectivity index (χ0n) is 16.8. The number of anilines is 1. The largest absolute Gasteiger partial charge is 0.384 e. The molecule has 2 N–H and O–H groups in total. The first kappa shape index (κ1) is 21.7. The van der Waals surface area contributed by atoms with Crippen LogP contribution in [0.2, 0.25) is 4.34 Å². The van der Waals surface area contributed by atoms with E-state index in [0.29, 0.717) is 22.1 Å². The molecular weight excluding hydrogens is 448 g/mol. The number of ether oxygens (including phenoxy) is 1. The fourth-order valence-electron chi connectivity index (χ4n) is 3.81. The number of nitrogens with one attached hydrogen (secondary N) is 2. The highest BCUT2D eigenvalue weighted by molar-refractivity contribution is 7.14. The Hall–Kier alpha value is -2.49. The number of carbonyl (C=O) groups excluding carboxylic acids is 1. The van der Waals surface area contributed by atoms with Crippen molar-refractivity contribution in [2.75, 3.05) is 25.5 Å². The van der Waals surface area contributed by atoms with Gasteiger partial charge in [-0.15, -0.1) is 11.3 Å². The van der Waals surface area contributed by atoms with Gasteiger partial charge in [0.25, 0.3) is 5.56 Å². The smallest absolute Gasteiger partial charge is 0.256 e. The summed E-state index contributed by atoms with van der Waals surface area (Å²) in [6.45, 7) is 2.48. The van der Waals surface area contributed by atoms with E-state index in [2.05, 4.69) is 10.3 Å². The summed E-state index contributed by atoms with van der Waals surface area (Å²) in [6, 6.07) is 3.13. The summed E-state index contributed by atoms with van der Waals surface area (Å²) in [5.74, 6) is -2.68. The van der Waals surface area contributed by atoms with E-state index in [1.807, 2.05) is 5.38 Å². The molecule has 10 heteroatoms. The van der Waals surface area contributed by atoms with Crippen molar-refractivity contribution >= 4 is 45.3 Å². The third-order valence-electron chi connectivity index (χ3n) is 5.46. The summed E-state index contributed by atoms with van der Waals surface area (Å²) in [5.41, 5.74) is 1.33. The minimum Gasteiger partial charge on any atom is -0.384 e. The Morgan fingerprint density at radius 1 is 1.35 bits per heavy atom. The van der Waals surface area contributed by atoms with E-state index in [-0.39, 0.29) is 35.8 Å². The summed E-state index contributed by atoms with van der Waals surface area (Å²) < 4.78 is 34.0. The van der Waals surface area contributed by atoms with Gasteiger partial charge in [0, 0.05) is 35.9 Å². The van der Waals surface area contributed by atoms with Gasteiger partial charge in [0.1, 0.15) is 0 Å². The maximum absolute atomic E-state index is 14.0.